The minimum absolute atomic E-state index is 0.0769. The first-order valence-corrected chi connectivity index (χ1v) is 9.57. The number of amides is 1. The number of nitrogens with zero attached hydrogens (tertiary/aromatic N) is 4. The van der Waals surface area contributed by atoms with Crippen LogP contribution in [0, 0.1) is 0 Å². The Bertz CT molecular complexity index is 1020. The number of benzene rings is 1. The number of nitrogens with one attached hydrogen (secondary N) is 1. The molecule has 1 aromatic carbocycles. The number of aromatic nitrogens is 4. The Morgan fingerprint density at radius 2 is 1.86 bits per heavy atom. The fraction of sp³-hybridized carbons (Fsp3) is 0.176. The SMILES string of the molecule is CC(=O)NCc1nnc(Sc2ccc(C(F)(F)F)cn2)n1-c1cc(Cl)cc(Cl)c1. The molecule has 0 aliphatic rings. The van der Waals surface area contributed by atoms with E-state index in [-0.39, 0.29) is 17.5 Å². The van der Waals surface area contributed by atoms with E-state index < -0.39 is 11.7 Å². The van der Waals surface area contributed by atoms with Crippen LogP contribution in [0.2, 0.25) is 10.0 Å². The van der Waals surface area contributed by atoms with Crippen LogP contribution in [-0.2, 0) is 17.5 Å². The van der Waals surface area contributed by atoms with E-state index in [4.69, 9.17) is 23.2 Å². The van der Waals surface area contributed by atoms with E-state index in [1.165, 1.54) is 13.0 Å². The molecule has 1 amide bonds. The predicted molar refractivity (Wildman–Crippen MR) is 102 cm³/mol. The number of alkyl halides is 3. The molecule has 0 spiro atoms. The van der Waals surface area contributed by atoms with Crippen LogP contribution >= 0.6 is 35.0 Å². The van der Waals surface area contributed by atoms with Gasteiger partial charge in [0, 0.05) is 23.2 Å². The maximum Gasteiger partial charge on any atom is 0.417 e. The van der Waals surface area contributed by atoms with Crippen molar-refractivity contribution >= 4 is 40.9 Å². The average molecular weight is 462 g/mol. The van der Waals surface area contributed by atoms with Crippen molar-refractivity contribution in [2.45, 2.75) is 29.8 Å². The summed E-state index contributed by atoms with van der Waals surface area (Å²) in [6, 6.07) is 6.97. The van der Waals surface area contributed by atoms with Crippen LogP contribution in [0.25, 0.3) is 5.69 Å². The highest BCUT2D eigenvalue weighted by Crippen LogP contribution is 2.33. The topological polar surface area (TPSA) is 72.7 Å². The van der Waals surface area contributed by atoms with E-state index in [2.05, 4.69) is 20.5 Å². The molecule has 0 bridgehead atoms. The Labute approximate surface area is 177 Å². The number of carbonyl (C=O) groups is 1. The molecule has 3 aromatic rings. The van der Waals surface area contributed by atoms with Gasteiger partial charge in [0.05, 0.1) is 17.8 Å². The van der Waals surface area contributed by atoms with E-state index in [0.717, 1.165) is 24.0 Å². The summed E-state index contributed by atoms with van der Waals surface area (Å²) >= 11 is 13.2. The predicted octanol–water partition coefficient (Wildman–Crippen LogP) is 4.78. The molecule has 0 saturated carbocycles. The first kappa shape index (κ1) is 21.4. The van der Waals surface area contributed by atoms with E-state index in [1.54, 1.807) is 22.8 Å². The van der Waals surface area contributed by atoms with Gasteiger partial charge in [0.25, 0.3) is 0 Å². The molecule has 0 atom stereocenters. The third-order valence-electron chi connectivity index (χ3n) is 3.56. The van der Waals surface area contributed by atoms with Crippen LogP contribution < -0.4 is 5.32 Å². The Kier molecular flexibility index (Phi) is 6.35. The van der Waals surface area contributed by atoms with E-state index in [0.29, 0.717) is 26.7 Å². The molecule has 0 aliphatic carbocycles. The van der Waals surface area contributed by atoms with Crippen molar-refractivity contribution < 1.29 is 18.0 Å². The van der Waals surface area contributed by atoms with Gasteiger partial charge in [0.15, 0.2) is 5.82 Å². The molecule has 29 heavy (non-hydrogen) atoms. The van der Waals surface area contributed by atoms with Crippen molar-refractivity contribution in [3.05, 3.63) is 58.0 Å². The van der Waals surface area contributed by atoms with E-state index >= 15 is 0 Å². The molecule has 0 saturated heterocycles. The van der Waals surface area contributed by atoms with Crippen molar-refractivity contribution in [3.8, 4) is 5.69 Å². The van der Waals surface area contributed by atoms with Gasteiger partial charge in [-0.05, 0) is 42.1 Å². The Balaban J connectivity index is 1.99. The monoisotopic (exact) mass is 461 g/mol. The van der Waals surface area contributed by atoms with Crippen LogP contribution in [0.3, 0.4) is 0 Å². The summed E-state index contributed by atoms with van der Waals surface area (Å²) in [6.07, 6.45) is -3.73. The Morgan fingerprint density at radius 1 is 1.17 bits per heavy atom. The van der Waals surface area contributed by atoms with Gasteiger partial charge in [-0.25, -0.2) is 4.98 Å². The average Bonchev–Trinajstić information content (AvgIpc) is 3.01. The lowest BCUT2D eigenvalue weighted by Gasteiger charge is -2.11. The summed E-state index contributed by atoms with van der Waals surface area (Å²) in [5.41, 5.74) is -0.321. The minimum Gasteiger partial charge on any atom is -0.349 e. The van der Waals surface area contributed by atoms with Crippen molar-refractivity contribution in [1.82, 2.24) is 25.1 Å². The second kappa shape index (κ2) is 8.60. The van der Waals surface area contributed by atoms with Crippen LogP contribution in [0.1, 0.15) is 18.3 Å². The quantitative estimate of drug-likeness (QED) is 0.591. The largest absolute Gasteiger partial charge is 0.417 e. The van der Waals surface area contributed by atoms with Gasteiger partial charge in [0.1, 0.15) is 5.03 Å². The smallest absolute Gasteiger partial charge is 0.349 e. The fourth-order valence-electron chi connectivity index (χ4n) is 2.31. The van der Waals surface area contributed by atoms with Crippen molar-refractivity contribution in [2.75, 3.05) is 0 Å². The summed E-state index contributed by atoms with van der Waals surface area (Å²) in [5.74, 6) is 0.121. The maximum absolute atomic E-state index is 12.7. The van der Waals surface area contributed by atoms with Crippen LogP contribution in [0.5, 0.6) is 0 Å². The summed E-state index contributed by atoms with van der Waals surface area (Å²) in [5, 5.41) is 12.1. The first-order valence-electron chi connectivity index (χ1n) is 8.00. The number of hydrogen-bond acceptors (Lipinski definition) is 5. The molecule has 0 aliphatic heterocycles. The Hall–Kier alpha value is -2.30. The van der Waals surface area contributed by atoms with Crippen molar-refractivity contribution in [1.29, 1.82) is 0 Å². The van der Waals surface area contributed by atoms with Gasteiger partial charge in [-0.15, -0.1) is 10.2 Å². The summed E-state index contributed by atoms with van der Waals surface area (Å²) in [6.45, 7) is 1.44. The fourth-order valence-corrected chi connectivity index (χ4v) is 3.64. The van der Waals surface area contributed by atoms with Gasteiger partial charge in [-0.1, -0.05) is 23.2 Å². The lowest BCUT2D eigenvalue weighted by molar-refractivity contribution is -0.137. The molecule has 12 heteroatoms. The second-order valence-electron chi connectivity index (χ2n) is 5.76. The summed E-state index contributed by atoms with van der Waals surface area (Å²) < 4.78 is 39.8. The van der Waals surface area contributed by atoms with Crippen molar-refractivity contribution in [2.24, 2.45) is 0 Å². The van der Waals surface area contributed by atoms with E-state index in [1.807, 2.05) is 0 Å². The lowest BCUT2D eigenvalue weighted by atomic mass is 10.3. The zero-order valence-electron chi connectivity index (χ0n) is 14.7. The van der Waals surface area contributed by atoms with Crippen LogP contribution in [0.4, 0.5) is 13.2 Å². The minimum atomic E-state index is -4.47. The van der Waals surface area contributed by atoms with E-state index in [9.17, 15) is 18.0 Å². The standard InChI is InChI=1S/C17H12Cl2F3N5OS/c1-9(28)23-8-14-25-26-16(27(14)13-5-11(18)4-12(19)6-13)29-15-3-2-10(7-24-15)17(20,21)22/h2-7H,8H2,1H3,(H,23,28). The number of rotatable bonds is 5. The molecular formula is C17H12Cl2F3N5OS. The van der Waals surface area contributed by atoms with Gasteiger partial charge in [-0.2, -0.15) is 13.2 Å². The van der Waals surface area contributed by atoms with Gasteiger partial charge < -0.3 is 5.32 Å². The third kappa shape index (κ3) is 5.40. The molecule has 3 rings (SSSR count). The van der Waals surface area contributed by atoms with Gasteiger partial charge >= 0.3 is 6.18 Å². The molecule has 6 nitrogen and oxygen atoms in total. The molecule has 0 fully saturated rings. The lowest BCUT2D eigenvalue weighted by Crippen LogP contribution is -2.21. The third-order valence-corrected chi connectivity index (χ3v) is 4.89. The second-order valence-corrected chi connectivity index (χ2v) is 7.62. The number of halogens is 5. The molecule has 2 heterocycles. The van der Waals surface area contributed by atoms with Crippen molar-refractivity contribution in [3.63, 3.8) is 0 Å². The highest BCUT2D eigenvalue weighted by Gasteiger charge is 2.30. The molecule has 152 valence electrons. The summed E-state index contributed by atoms with van der Waals surface area (Å²) in [4.78, 5) is 15.1. The molecule has 2 aromatic heterocycles. The zero-order chi connectivity index (χ0) is 21.2. The normalized spacial score (nSPS) is 11.5. The first-order chi connectivity index (χ1) is 13.6. The number of pyridine rings is 1. The Morgan fingerprint density at radius 3 is 2.41 bits per heavy atom. The maximum atomic E-state index is 12.7. The highest BCUT2D eigenvalue weighted by molar-refractivity contribution is 7.99. The van der Waals surface area contributed by atoms with Gasteiger partial charge in [-0.3, -0.25) is 9.36 Å². The molecule has 0 radical (unpaired) electrons. The summed E-state index contributed by atoms with van der Waals surface area (Å²) in [7, 11) is 0. The van der Waals surface area contributed by atoms with Gasteiger partial charge in [0.2, 0.25) is 11.1 Å². The molecule has 1 N–H and O–H groups in total. The number of hydrogen-bond donors (Lipinski definition) is 1. The molecular weight excluding hydrogens is 450 g/mol. The number of carbonyl (C=O) groups excluding carboxylic acids is 1. The van der Waals surface area contributed by atoms with Crippen LogP contribution in [-0.4, -0.2) is 25.7 Å². The molecule has 0 unspecified atom stereocenters. The zero-order valence-corrected chi connectivity index (χ0v) is 17.0. The highest BCUT2D eigenvalue weighted by atomic mass is 35.5. The van der Waals surface area contributed by atoms with Crippen LogP contribution in [0.15, 0.2) is 46.7 Å².